The van der Waals surface area contributed by atoms with Crippen molar-refractivity contribution in [1.29, 1.82) is 0 Å². The molecule has 2 atom stereocenters. The molecule has 0 unspecified atom stereocenters. The van der Waals surface area contributed by atoms with E-state index in [1.54, 1.807) is 0 Å². The number of unbranched alkanes of at least 4 members (excludes halogenated alkanes) is 4. The van der Waals surface area contributed by atoms with E-state index in [0.29, 0.717) is 0 Å². The number of aliphatic hydroxyl groups excluding tert-OH is 1. The van der Waals surface area contributed by atoms with Crippen LogP contribution < -0.4 is 0 Å². The second kappa shape index (κ2) is 10.3. The fraction of sp³-hybridized carbons (Fsp3) is 0.789. The molecule has 0 bridgehead atoms. The molecule has 128 valence electrons. The first kappa shape index (κ1) is 21.4. The fourth-order valence-electron chi connectivity index (χ4n) is 1.81. The third-order valence-electron chi connectivity index (χ3n) is 4.34. The van der Waals surface area contributed by atoms with E-state index >= 15 is 0 Å². The quantitative estimate of drug-likeness (QED) is 0.284. The summed E-state index contributed by atoms with van der Waals surface area (Å²) >= 11 is 0. The molecule has 0 heterocycles. The Bertz CT molecular complexity index is 382. The molecule has 0 fully saturated rings. The maximum atomic E-state index is 10.3. The van der Waals surface area contributed by atoms with Crippen LogP contribution in [0.2, 0.25) is 18.1 Å². The van der Waals surface area contributed by atoms with Gasteiger partial charge in [-0.15, -0.1) is 5.92 Å². The molecule has 0 aliphatic rings. The van der Waals surface area contributed by atoms with Gasteiger partial charge in [-0.25, -0.2) is 0 Å². The summed E-state index contributed by atoms with van der Waals surface area (Å²) in [6.45, 7) is 15.2. The van der Waals surface area contributed by atoms with Crippen LogP contribution in [0.5, 0.6) is 0 Å². The first-order chi connectivity index (χ1) is 10.2. The highest BCUT2D eigenvalue weighted by Gasteiger charge is 2.39. The minimum Gasteiger partial charge on any atom is -0.407 e. The van der Waals surface area contributed by atoms with Crippen molar-refractivity contribution in [2.45, 2.75) is 97.1 Å². The number of allylic oxidation sites excluding steroid dienone is 1. The molecule has 22 heavy (non-hydrogen) atoms. The van der Waals surface area contributed by atoms with Gasteiger partial charge in [0.2, 0.25) is 0 Å². The smallest absolute Gasteiger partial charge is 0.193 e. The van der Waals surface area contributed by atoms with Crippen LogP contribution in [-0.4, -0.2) is 25.6 Å². The van der Waals surface area contributed by atoms with Crippen molar-refractivity contribution in [2.75, 3.05) is 0 Å². The Hall–Kier alpha value is -0.563. The van der Waals surface area contributed by atoms with E-state index in [1.807, 2.05) is 19.1 Å². The van der Waals surface area contributed by atoms with Gasteiger partial charge in [0.15, 0.2) is 8.32 Å². The molecular weight excluding hydrogens is 288 g/mol. The second-order valence-electron chi connectivity index (χ2n) is 7.45. The highest BCUT2D eigenvalue weighted by atomic mass is 28.4. The van der Waals surface area contributed by atoms with Gasteiger partial charge >= 0.3 is 0 Å². The highest BCUT2D eigenvalue weighted by Crippen LogP contribution is 2.37. The SMILES string of the molecule is C/C=C/[C@H](O[Si](C)(C)C(C)(C)C)[C@@H](O)C#CCCCCCC. The highest BCUT2D eigenvalue weighted by molar-refractivity contribution is 6.74. The predicted molar refractivity (Wildman–Crippen MR) is 99.4 cm³/mol. The molecule has 0 rings (SSSR count). The molecule has 0 aromatic carbocycles. The van der Waals surface area contributed by atoms with Gasteiger partial charge in [0.05, 0.1) is 0 Å². The van der Waals surface area contributed by atoms with Crippen LogP contribution in [0.4, 0.5) is 0 Å². The molecule has 0 aromatic rings. The van der Waals surface area contributed by atoms with Crippen molar-refractivity contribution >= 4 is 8.32 Å². The van der Waals surface area contributed by atoms with Gasteiger partial charge in [0.1, 0.15) is 12.2 Å². The standard InChI is InChI=1S/C19H36O2Si/c1-8-10-11-12-13-14-16-17(20)18(15-9-2)21-22(6,7)19(3,4)5/h9,15,17-18,20H,8,10-13H2,1-7H3/b15-9+/t17-,18-/m0/s1. The van der Waals surface area contributed by atoms with Crippen LogP contribution >= 0.6 is 0 Å². The molecule has 0 radical (unpaired) electrons. The van der Waals surface area contributed by atoms with Gasteiger partial charge in [-0.05, 0) is 31.5 Å². The Labute approximate surface area is 139 Å². The lowest BCUT2D eigenvalue weighted by atomic mass is 10.1. The van der Waals surface area contributed by atoms with Crippen molar-refractivity contribution in [3.05, 3.63) is 12.2 Å². The maximum Gasteiger partial charge on any atom is 0.193 e. The minimum atomic E-state index is -1.91. The number of hydrogen-bond acceptors (Lipinski definition) is 2. The van der Waals surface area contributed by atoms with E-state index in [0.717, 1.165) is 12.8 Å². The van der Waals surface area contributed by atoms with Crippen LogP contribution in [0.3, 0.4) is 0 Å². The third kappa shape index (κ3) is 8.17. The van der Waals surface area contributed by atoms with Crippen LogP contribution in [-0.2, 0) is 4.43 Å². The third-order valence-corrected chi connectivity index (χ3v) is 8.81. The molecule has 0 spiro atoms. The molecule has 0 aliphatic heterocycles. The predicted octanol–water partition coefficient (Wildman–Crippen LogP) is 5.29. The van der Waals surface area contributed by atoms with Crippen molar-refractivity contribution in [3.8, 4) is 11.8 Å². The summed E-state index contributed by atoms with van der Waals surface area (Å²) in [7, 11) is -1.91. The van der Waals surface area contributed by atoms with Crippen molar-refractivity contribution in [3.63, 3.8) is 0 Å². The van der Waals surface area contributed by atoms with Crippen LogP contribution in [0, 0.1) is 11.8 Å². The Balaban J connectivity index is 4.65. The van der Waals surface area contributed by atoms with Crippen LogP contribution in [0.1, 0.15) is 66.7 Å². The maximum absolute atomic E-state index is 10.3. The largest absolute Gasteiger partial charge is 0.407 e. The summed E-state index contributed by atoms with van der Waals surface area (Å²) in [6, 6.07) is 0. The molecule has 0 aromatic heterocycles. The van der Waals surface area contributed by atoms with Gasteiger partial charge in [0.25, 0.3) is 0 Å². The van der Waals surface area contributed by atoms with Crippen LogP contribution in [0.15, 0.2) is 12.2 Å². The fourth-order valence-corrected chi connectivity index (χ4v) is 3.06. The van der Waals surface area contributed by atoms with Gasteiger partial charge in [-0.1, -0.05) is 65.0 Å². The van der Waals surface area contributed by atoms with E-state index in [2.05, 4.69) is 52.6 Å². The average molecular weight is 325 g/mol. The number of rotatable bonds is 8. The molecular formula is C19H36O2Si. The lowest BCUT2D eigenvalue weighted by Crippen LogP contribution is -2.46. The summed E-state index contributed by atoms with van der Waals surface area (Å²) in [5.41, 5.74) is 0. The van der Waals surface area contributed by atoms with Gasteiger partial charge < -0.3 is 9.53 Å². The zero-order chi connectivity index (χ0) is 17.2. The van der Waals surface area contributed by atoms with Gasteiger partial charge in [-0.3, -0.25) is 0 Å². The summed E-state index contributed by atoms with van der Waals surface area (Å²) in [4.78, 5) is 0. The molecule has 2 nitrogen and oxygen atoms in total. The molecule has 0 saturated carbocycles. The normalized spacial score (nSPS) is 15.5. The average Bonchev–Trinajstić information content (AvgIpc) is 2.40. The first-order valence-corrected chi connectivity index (χ1v) is 11.5. The number of aliphatic hydroxyl groups is 1. The Morgan fingerprint density at radius 1 is 1.18 bits per heavy atom. The van der Waals surface area contributed by atoms with Crippen LogP contribution in [0.25, 0.3) is 0 Å². The number of hydrogen-bond donors (Lipinski definition) is 1. The monoisotopic (exact) mass is 324 g/mol. The zero-order valence-electron chi connectivity index (χ0n) is 15.7. The molecule has 0 amide bonds. The summed E-state index contributed by atoms with van der Waals surface area (Å²) < 4.78 is 6.30. The molecule has 3 heteroatoms. The lowest BCUT2D eigenvalue weighted by molar-refractivity contribution is 0.0934. The molecule has 1 N–H and O–H groups in total. The van der Waals surface area contributed by atoms with Crippen molar-refractivity contribution < 1.29 is 9.53 Å². The van der Waals surface area contributed by atoms with Crippen molar-refractivity contribution in [2.24, 2.45) is 0 Å². The first-order valence-electron chi connectivity index (χ1n) is 8.62. The summed E-state index contributed by atoms with van der Waals surface area (Å²) in [6.07, 6.45) is 8.50. The Morgan fingerprint density at radius 3 is 2.32 bits per heavy atom. The Kier molecular flexibility index (Phi) is 9.99. The van der Waals surface area contributed by atoms with E-state index < -0.39 is 14.4 Å². The van der Waals surface area contributed by atoms with Crippen molar-refractivity contribution in [1.82, 2.24) is 0 Å². The van der Waals surface area contributed by atoms with E-state index in [1.165, 1.54) is 19.3 Å². The summed E-state index contributed by atoms with van der Waals surface area (Å²) in [5.74, 6) is 6.08. The molecule has 0 aliphatic carbocycles. The second-order valence-corrected chi connectivity index (χ2v) is 12.2. The zero-order valence-corrected chi connectivity index (χ0v) is 16.7. The Morgan fingerprint density at radius 2 is 1.82 bits per heavy atom. The van der Waals surface area contributed by atoms with Gasteiger partial charge in [0, 0.05) is 6.42 Å². The van der Waals surface area contributed by atoms with E-state index in [4.69, 9.17) is 4.43 Å². The van der Waals surface area contributed by atoms with E-state index in [9.17, 15) is 5.11 Å². The molecule has 0 saturated heterocycles. The van der Waals surface area contributed by atoms with Gasteiger partial charge in [-0.2, -0.15) is 0 Å². The van der Waals surface area contributed by atoms with E-state index in [-0.39, 0.29) is 11.1 Å². The lowest BCUT2D eigenvalue weighted by Gasteiger charge is -2.39. The topological polar surface area (TPSA) is 29.5 Å². The summed E-state index contributed by atoms with van der Waals surface area (Å²) in [5, 5.41) is 10.5. The minimum absolute atomic E-state index is 0.125.